The van der Waals surface area contributed by atoms with E-state index in [4.69, 9.17) is 5.11 Å². The first-order valence-electron chi connectivity index (χ1n) is 6.03. The van der Waals surface area contributed by atoms with Gasteiger partial charge in [-0.3, -0.25) is 4.79 Å². The number of benzene rings is 1. The largest absolute Gasteiger partial charge is 0.478 e. The lowest BCUT2D eigenvalue weighted by Gasteiger charge is -2.31. The van der Waals surface area contributed by atoms with Crippen LogP contribution in [0.2, 0.25) is 0 Å². The van der Waals surface area contributed by atoms with Gasteiger partial charge in [-0.25, -0.2) is 4.79 Å². The third-order valence-corrected chi connectivity index (χ3v) is 4.09. The van der Waals surface area contributed by atoms with Gasteiger partial charge in [-0.15, -0.1) is 0 Å². The van der Waals surface area contributed by atoms with Crippen LogP contribution in [0.1, 0.15) is 17.3 Å². The van der Waals surface area contributed by atoms with E-state index in [1.807, 2.05) is 6.92 Å². The summed E-state index contributed by atoms with van der Waals surface area (Å²) in [5.74, 6) is -0.836. The van der Waals surface area contributed by atoms with E-state index < -0.39 is 5.97 Å². The van der Waals surface area contributed by atoms with Gasteiger partial charge in [0.25, 0.3) is 0 Å². The van der Waals surface area contributed by atoms with Gasteiger partial charge in [-0.05, 0) is 53.1 Å². The highest BCUT2D eigenvalue weighted by atomic mass is 79.9. The number of hydrogen-bond acceptors (Lipinski definition) is 3. The highest BCUT2D eigenvalue weighted by molar-refractivity contribution is 9.10. The molecule has 1 aromatic rings. The van der Waals surface area contributed by atoms with E-state index in [2.05, 4.69) is 26.6 Å². The minimum Gasteiger partial charge on any atom is -0.478 e. The van der Waals surface area contributed by atoms with Crippen LogP contribution in [0, 0.1) is 11.8 Å². The van der Waals surface area contributed by atoms with Gasteiger partial charge in [0.05, 0.1) is 5.56 Å². The smallest absolute Gasteiger partial charge is 0.336 e. The van der Waals surface area contributed by atoms with Crippen molar-refractivity contribution in [2.45, 2.75) is 6.92 Å². The molecule has 19 heavy (non-hydrogen) atoms. The second-order valence-corrected chi connectivity index (χ2v) is 5.55. The van der Waals surface area contributed by atoms with Crippen molar-refractivity contribution in [3.8, 4) is 0 Å². The van der Waals surface area contributed by atoms with Gasteiger partial charge in [0.2, 0.25) is 5.91 Å². The molecule has 2 rings (SSSR count). The molecule has 1 heterocycles. The third-order valence-electron chi connectivity index (χ3n) is 3.40. The molecule has 0 saturated carbocycles. The number of carbonyl (C=O) groups excluding carboxylic acids is 1. The average molecular weight is 327 g/mol. The number of carbonyl (C=O) groups is 2. The Bertz CT molecular complexity index is 515. The van der Waals surface area contributed by atoms with E-state index in [-0.39, 0.29) is 17.4 Å². The van der Waals surface area contributed by atoms with Gasteiger partial charge in [0.1, 0.15) is 0 Å². The maximum atomic E-state index is 12.0. The van der Waals surface area contributed by atoms with Crippen molar-refractivity contribution in [1.29, 1.82) is 0 Å². The fraction of sp³-hybridized carbons (Fsp3) is 0.385. The summed E-state index contributed by atoms with van der Waals surface area (Å²) in [6.45, 7) is 3.60. The van der Waals surface area contributed by atoms with Crippen LogP contribution in [0.15, 0.2) is 22.7 Å². The number of hydrogen-bond donors (Lipinski definition) is 3. The zero-order chi connectivity index (χ0) is 14.0. The van der Waals surface area contributed by atoms with Crippen LogP contribution in [-0.2, 0) is 4.79 Å². The number of rotatable bonds is 4. The molecule has 1 atom stereocenters. The highest BCUT2D eigenvalue weighted by Gasteiger charge is 2.28. The summed E-state index contributed by atoms with van der Waals surface area (Å²) in [6.07, 6.45) is 0. The Morgan fingerprint density at radius 1 is 1.47 bits per heavy atom. The van der Waals surface area contributed by atoms with E-state index in [9.17, 15) is 9.59 Å². The van der Waals surface area contributed by atoms with Crippen LogP contribution in [0.25, 0.3) is 0 Å². The molecule has 5 nitrogen and oxygen atoms in total. The number of halogens is 1. The summed E-state index contributed by atoms with van der Waals surface area (Å²) in [7, 11) is 0. The first-order chi connectivity index (χ1) is 8.99. The number of carboxylic acids is 1. The van der Waals surface area contributed by atoms with Gasteiger partial charge >= 0.3 is 5.97 Å². The van der Waals surface area contributed by atoms with Crippen LogP contribution >= 0.6 is 15.9 Å². The van der Waals surface area contributed by atoms with Crippen molar-refractivity contribution < 1.29 is 14.7 Å². The Morgan fingerprint density at radius 2 is 2.16 bits per heavy atom. The number of aromatic carboxylic acids is 1. The Labute approximate surface area is 119 Å². The molecular weight excluding hydrogens is 312 g/mol. The SMILES string of the molecule is CC(C(=O)Nc1ccc(Br)c(C(=O)O)c1)C1CNC1. The van der Waals surface area contributed by atoms with Crippen LogP contribution in [0.3, 0.4) is 0 Å². The number of nitrogens with one attached hydrogen (secondary N) is 2. The lowest BCUT2D eigenvalue weighted by atomic mass is 9.88. The van der Waals surface area contributed by atoms with Gasteiger partial charge in [-0.1, -0.05) is 6.92 Å². The molecule has 3 N–H and O–H groups in total. The normalized spacial score (nSPS) is 16.5. The van der Waals surface area contributed by atoms with Crippen LogP contribution in [0.4, 0.5) is 5.69 Å². The summed E-state index contributed by atoms with van der Waals surface area (Å²) in [6, 6.07) is 4.75. The van der Waals surface area contributed by atoms with Crippen molar-refractivity contribution in [2.24, 2.45) is 11.8 Å². The predicted molar refractivity (Wildman–Crippen MR) is 75.3 cm³/mol. The molecule has 1 aromatic carbocycles. The van der Waals surface area contributed by atoms with E-state index >= 15 is 0 Å². The maximum Gasteiger partial charge on any atom is 0.336 e. The average Bonchev–Trinajstić information content (AvgIpc) is 2.28. The van der Waals surface area contributed by atoms with Gasteiger partial charge in [0, 0.05) is 16.1 Å². The molecule has 1 aliphatic rings. The van der Waals surface area contributed by atoms with Crippen molar-refractivity contribution in [3.05, 3.63) is 28.2 Å². The minimum atomic E-state index is -1.03. The Balaban J connectivity index is 2.08. The molecule has 0 radical (unpaired) electrons. The van der Waals surface area contributed by atoms with E-state index in [1.54, 1.807) is 12.1 Å². The molecule has 1 fully saturated rings. The quantitative estimate of drug-likeness (QED) is 0.790. The fourth-order valence-electron chi connectivity index (χ4n) is 1.90. The molecule has 1 unspecified atom stereocenters. The molecule has 6 heteroatoms. The van der Waals surface area contributed by atoms with Crippen molar-refractivity contribution in [2.75, 3.05) is 18.4 Å². The fourth-order valence-corrected chi connectivity index (χ4v) is 2.32. The van der Waals surface area contributed by atoms with E-state index in [1.165, 1.54) is 6.07 Å². The lowest BCUT2D eigenvalue weighted by molar-refractivity contribution is -0.121. The van der Waals surface area contributed by atoms with Crippen LogP contribution < -0.4 is 10.6 Å². The van der Waals surface area contributed by atoms with Gasteiger partial charge in [0.15, 0.2) is 0 Å². The monoisotopic (exact) mass is 326 g/mol. The second-order valence-electron chi connectivity index (χ2n) is 4.70. The molecule has 0 bridgehead atoms. The molecule has 0 aliphatic carbocycles. The summed E-state index contributed by atoms with van der Waals surface area (Å²) >= 11 is 3.17. The molecule has 0 spiro atoms. The number of anilines is 1. The summed E-state index contributed by atoms with van der Waals surface area (Å²) < 4.78 is 0.495. The minimum absolute atomic E-state index is 0.0786. The van der Waals surface area contributed by atoms with Crippen molar-refractivity contribution in [3.63, 3.8) is 0 Å². The van der Waals surface area contributed by atoms with Crippen molar-refractivity contribution in [1.82, 2.24) is 5.32 Å². The summed E-state index contributed by atoms with van der Waals surface area (Å²) in [5, 5.41) is 14.9. The van der Waals surface area contributed by atoms with Gasteiger partial charge < -0.3 is 15.7 Å². The zero-order valence-electron chi connectivity index (χ0n) is 10.4. The Hall–Kier alpha value is -1.40. The first kappa shape index (κ1) is 14.0. The molecule has 0 aromatic heterocycles. The van der Waals surface area contributed by atoms with Crippen molar-refractivity contribution >= 4 is 33.5 Å². The predicted octanol–water partition coefficient (Wildman–Crippen LogP) is 1.94. The standard InChI is InChI=1S/C13H15BrN2O3/c1-7(8-5-15-6-8)12(17)16-9-2-3-11(14)10(4-9)13(18)19/h2-4,7-8,15H,5-6H2,1H3,(H,16,17)(H,18,19). The number of amides is 1. The number of carboxylic acid groups (broad SMARTS) is 1. The molecule has 1 aliphatic heterocycles. The maximum absolute atomic E-state index is 12.0. The summed E-state index contributed by atoms with van der Waals surface area (Å²) in [4.78, 5) is 23.0. The molecular formula is C13H15BrN2O3. The van der Waals surface area contributed by atoms with E-state index in [0.29, 0.717) is 16.1 Å². The van der Waals surface area contributed by atoms with E-state index in [0.717, 1.165) is 13.1 Å². The van der Waals surface area contributed by atoms with Crippen LogP contribution in [-0.4, -0.2) is 30.1 Å². The molecule has 1 amide bonds. The lowest BCUT2D eigenvalue weighted by Crippen LogP contribution is -2.48. The van der Waals surface area contributed by atoms with Gasteiger partial charge in [-0.2, -0.15) is 0 Å². The third kappa shape index (κ3) is 3.13. The van der Waals surface area contributed by atoms with Crippen LogP contribution in [0.5, 0.6) is 0 Å². The molecule has 1 saturated heterocycles. The first-order valence-corrected chi connectivity index (χ1v) is 6.82. The topological polar surface area (TPSA) is 78.4 Å². The molecule has 102 valence electrons. The Morgan fingerprint density at radius 3 is 2.68 bits per heavy atom. The Kier molecular flexibility index (Phi) is 4.21. The second kappa shape index (κ2) is 5.71. The summed E-state index contributed by atoms with van der Waals surface area (Å²) in [5.41, 5.74) is 0.639. The zero-order valence-corrected chi connectivity index (χ0v) is 12.0. The highest BCUT2D eigenvalue weighted by Crippen LogP contribution is 2.23.